The van der Waals surface area contributed by atoms with Gasteiger partial charge in [-0.05, 0) is 36.9 Å². The van der Waals surface area contributed by atoms with Crippen molar-refractivity contribution in [2.24, 2.45) is 5.92 Å². The first kappa shape index (κ1) is 15.5. The molecule has 2 rings (SSSR count). The van der Waals surface area contributed by atoms with Crippen LogP contribution in [0.4, 0.5) is 0 Å². The summed E-state index contributed by atoms with van der Waals surface area (Å²) in [7, 11) is 0. The summed E-state index contributed by atoms with van der Waals surface area (Å²) in [6.45, 7) is 5.36. The van der Waals surface area contributed by atoms with Crippen molar-refractivity contribution in [1.29, 1.82) is 0 Å². The first-order valence-electron chi connectivity index (χ1n) is 6.99. The minimum Gasteiger partial charge on any atom is -0.314 e. The zero-order valence-corrected chi connectivity index (χ0v) is 13.5. The molecule has 108 valence electrons. The van der Waals surface area contributed by atoms with E-state index >= 15 is 0 Å². The first-order chi connectivity index (χ1) is 9.65. The van der Waals surface area contributed by atoms with Gasteiger partial charge >= 0.3 is 0 Å². The number of halogens is 1. The van der Waals surface area contributed by atoms with Crippen LogP contribution in [0.3, 0.4) is 0 Å². The van der Waals surface area contributed by atoms with Gasteiger partial charge in [-0.15, -0.1) is 11.3 Å². The highest BCUT2D eigenvalue weighted by Gasteiger charge is 2.14. The molecule has 0 aliphatic carbocycles. The molecule has 2 nitrogen and oxygen atoms in total. The Labute approximate surface area is 130 Å². The third kappa shape index (κ3) is 4.89. The van der Waals surface area contributed by atoms with Crippen molar-refractivity contribution in [3.05, 3.63) is 51.4 Å². The van der Waals surface area contributed by atoms with Gasteiger partial charge < -0.3 is 5.32 Å². The predicted octanol–water partition coefficient (Wildman–Crippen LogP) is 4.20. The third-order valence-electron chi connectivity index (χ3n) is 3.25. The first-order valence-corrected chi connectivity index (χ1v) is 8.25. The molecule has 0 saturated carbocycles. The van der Waals surface area contributed by atoms with Gasteiger partial charge in [0.2, 0.25) is 0 Å². The summed E-state index contributed by atoms with van der Waals surface area (Å²) in [6.07, 6.45) is 4.02. The molecule has 0 aliphatic rings. The SMILES string of the molecule is CC(C)NCC(Cc1cncs1)Cc1ccccc1Cl. The Hall–Kier alpha value is -0.900. The van der Waals surface area contributed by atoms with E-state index in [1.54, 1.807) is 11.3 Å². The van der Waals surface area contributed by atoms with E-state index < -0.39 is 0 Å². The number of aromatic nitrogens is 1. The monoisotopic (exact) mass is 308 g/mol. The van der Waals surface area contributed by atoms with Crippen molar-refractivity contribution < 1.29 is 0 Å². The van der Waals surface area contributed by atoms with Gasteiger partial charge in [-0.2, -0.15) is 0 Å². The average Bonchev–Trinajstić information content (AvgIpc) is 2.91. The summed E-state index contributed by atoms with van der Waals surface area (Å²) in [5.41, 5.74) is 3.13. The van der Waals surface area contributed by atoms with E-state index in [0.717, 1.165) is 24.4 Å². The fraction of sp³-hybridized carbons (Fsp3) is 0.438. The topological polar surface area (TPSA) is 24.9 Å². The number of rotatable bonds is 7. The lowest BCUT2D eigenvalue weighted by Gasteiger charge is -2.19. The quantitative estimate of drug-likeness (QED) is 0.829. The molecule has 4 heteroatoms. The number of hydrogen-bond donors (Lipinski definition) is 1. The van der Waals surface area contributed by atoms with Gasteiger partial charge in [0.05, 0.1) is 5.51 Å². The molecular weight excluding hydrogens is 288 g/mol. The van der Waals surface area contributed by atoms with Crippen LogP contribution in [-0.4, -0.2) is 17.6 Å². The highest BCUT2D eigenvalue weighted by molar-refractivity contribution is 7.09. The number of benzene rings is 1. The molecule has 1 aromatic heterocycles. The largest absolute Gasteiger partial charge is 0.314 e. The van der Waals surface area contributed by atoms with Gasteiger partial charge in [0.1, 0.15) is 0 Å². The van der Waals surface area contributed by atoms with Gasteiger partial charge in [-0.3, -0.25) is 4.98 Å². The number of hydrogen-bond acceptors (Lipinski definition) is 3. The van der Waals surface area contributed by atoms with E-state index in [9.17, 15) is 0 Å². The van der Waals surface area contributed by atoms with Crippen molar-refractivity contribution >= 4 is 22.9 Å². The van der Waals surface area contributed by atoms with Gasteiger partial charge in [-0.1, -0.05) is 43.6 Å². The summed E-state index contributed by atoms with van der Waals surface area (Å²) in [5.74, 6) is 0.540. The number of nitrogens with one attached hydrogen (secondary N) is 1. The predicted molar refractivity (Wildman–Crippen MR) is 87.6 cm³/mol. The van der Waals surface area contributed by atoms with Crippen molar-refractivity contribution in [2.45, 2.75) is 32.7 Å². The van der Waals surface area contributed by atoms with Gasteiger partial charge in [0, 0.05) is 22.1 Å². The summed E-state index contributed by atoms with van der Waals surface area (Å²) >= 11 is 8.01. The number of nitrogens with zero attached hydrogens (tertiary/aromatic N) is 1. The molecule has 0 amide bonds. The lowest BCUT2D eigenvalue weighted by molar-refractivity contribution is 0.446. The maximum absolute atomic E-state index is 6.28. The van der Waals surface area contributed by atoms with E-state index in [1.807, 2.05) is 23.8 Å². The summed E-state index contributed by atoms with van der Waals surface area (Å²) in [4.78, 5) is 5.51. The van der Waals surface area contributed by atoms with Crippen molar-refractivity contribution in [2.75, 3.05) is 6.54 Å². The Kier molecular flexibility index (Phi) is 6.02. The Balaban J connectivity index is 2.03. The summed E-state index contributed by atoms with van der Waals surface area (Å²) < 4.78 is 0. The summed E-state index contributed by atoms with van der Waals surface area (Å²) in [6, 6.07) is 8.63. The number of thiazole rings is 1. The van der Waals surface area contributed by atoms with Crippen LogP contribution in [0.1, 0.15) is 24.3 Å². The van der Waals surface area contributed by atoms with Crippen LogP contribution in [-0.2, 0) is 12.8 Å². The second-order valence-electron chi connectivity index (χ2n) is 5.40. The highest BCUT2D eigenvalue weighted by Crippen LogP contribution is 2.22. The van der Waals surface area contributed by atoms with Crippen LogP contribution in [0, 0.1) is 5.92 Å². The van der Waals surface area contributed by atoms with E-state index in [1.165, 1.54) is 10.4 Å². The molecule has 2 aromatic rings. The molecule has 0 radical (unpaired) electrons. The lowest BCUT2D eigenvalue weighted by Crippen LogP contribution is -2.31. The lowest BCUT2D eigenvalue weighted by atomic mass is 9.95. The molecule has 0 bridgehead atoms. The Morgan fingerprint density at radius 1 is 1.25 bits per heavy atom. The highest BCUT2D eigenvalue weighted by atomic mass is 35.5. The van der Waals surface area contributed by atoms with E-state index in [2.05, 4.69) is 36.3 Å². The van der Waals surface area contributed by atoms with Crippen LogP contribution in [0.2, 0.25) is 5.02 Å². The summed E-state index contributed by atoms with van der Waals surface area (Å²) in [5, 5.41) is 4.41. The molecule has 0 saturated heterocycles. The zero-order chi connectivity index (χ0) is 14.4. The fourth-order valence-corrected chi connectivity index (χ4v) is 3.14. The molecule has 20 heavy (non-hydrogen) atoms. The smallest absolute Gasteiger partial charge is 0.0794 e. The van der Waals surface area contributed by atoms with Crippen molar-refractivity contribution in [1.82, 2.24) is 10.3 Å². The minimum atomic E-state index is 0.505. The van der Waals surface area contributed by atoms with Gasteiger partial charge in [0.15, 0.2) is 0 Å². The third-order valence-corrected chi connectivity index (χ3v) is 4.43. The van der Waals surface area contributed by atoms with Crippen molar-refractivity contribution in [3.63, 3.8) is 0 Å². The van der Waals surface area contributed by atoms with Crippen LogP contribution < -0.4 is 5.32 Å². The standard InChI is InChI=1S/C16H21ClN2S/c1-12(2)19-9-13(8-15-10-18-11-20-15)7-14-5-3-4-6-16(14)17/h3-6,10-13,19H,7-9H2,1-2H3. The van der Waals surface area contributed by atoms with E-state index in [4.69, 9.17) is 11.6 Å². The average molecular weight is 309 g/mol. The zero-order valence-electron chi connectivity index (χ0n) is 12.0. The molecule has 0 spiro atoms. The molecule has 1 aromatic carbocycles. The minimum absolute atomic E-state index is 0.505. The molecule has 1 heterocycles. The Morgan fingerprint density at radius 3 is 2.70 bits per heavy atom. The second kappa shape index (κ2) is 7.77. The van der Waals surface area contributed by atoms with Crippen LogP contribution in [0.25, 0.3) is 0 Å². The normalized spacial score (nSPS) is 12.8. The molecule has 0 aliphatic heterocycles. The van der Waals surface area contributed by atoms with E-state index in [0.29, 0.717) is 12.0 Å². The van der Waals surface area contributed by atoms with Crippen LogP contribution in [0.15, 0.2) is 36.0 Å². The maximum atomic E-state index is 6.28. The van der Waals surface area contributed by atoms with Crippen LogP contribution in [0.5, 0.6) is 0 Å². The Bertz CT molecular complexity index is 511. The fourth-order valence-electron chi connectivity index (χ4n) is 2.22. The van der Waals surface area contributed by atoms with Crippen molar-refractivity contribution in [3.8, 4) is 0 Å². The molecule has 1 N–H and O–H groups in total. The second-order valence-corrected chi connectivity index (χ2v) is 6.77. The van der Waals surface area contributed by atoms with Crippen LogP contribution >= 0.6 is 22.9 Å². The van der Waals surface area contributed by atoms with Gasteiger partial charge in [0.25, 0.3) is 0 Å². The maximum Gasteiger partial charge on any atom is 0.0794 e. The molecular formula is C16H21ClN2S. The van der Waals surface area contributed by atoms with Gasteiger partial charge in [-0.25, -0.2) is 0 Å². The molecule has 1 unspecified atom stereocenters. The van der Waals surface area contributed by atoms with E-state index in [-0.39, 0.29) is 0 Å². The Morgan fingerprint density at radius 2 is 2.05 bits per heavy atom. The molecule has 0 fully saturated rings. The molecule has 1 atom stereocenters.